The van der Waals surface area contributed by atoms with Crippen LogP contribution >= 0.6 is 0 Å². The molecule has 1 aromatic rings. The zero-order chi connectivity index (χ0) is 14.3. The maximum Gasteiger partial charge on any atom is 0.153 e. The number of rotatable bonds is 5. The first kappa shape index (κ1) is 15.5. The van der Waals surface area contributed by atoms with Crippen LogP contribution in [0.5, 0.6) is 5.75 Å². The standard InChI is InChI=1S/C13H16FNO3S/c1-2-19(16,17)9-8-18-13-10-12(14)6-5-11(13)4-3-7-15/h5-6,10H,2,7-9,15H2,1H3. The SMILES string of the molecule is CCS(=O)(=O)CCOc1cc(F)ccc1C#CCN. The van der Waals surface area contributed by atoms with Gasteiger partial charge in [-0.1, -0.05) is 18.8 Å². The average molecular weight is 285 g/mol. The molecule has 0 aliphatic rings. The third kappa shape index (κ3) is 5.28. The van der Waals surface area contributed by atoms with Gasteiger partial charge >= 0.3 is 0 Å². The second-order valence-electron chi connectivity index (χ2n) is 3.73. The Balaban J connectivity index is 2.79. The van der Waals surface area contributed by atoms with Crippen LogP contribution in [0.1, 0.15) is 12.5 Å². The number of ether oxygens (including phenoxy) is 1. The minimum Gasteiger partial charge on any atom is -0.491 e. The normalized spacial score (nSPS) is 10.7. The van der Waals surface area contributed by atoms with E-state index in [1.165, 1.54) is 18.2 Å². The third-order valence-electron chi connectivity index (χ3n) is 2.36. The summed E-state index contributed by atoms with van der Waals surface area (Å²) in [5.41, 5.74) is 5.75. The highest BCUT2D eigenvalue weighted by Crippen LogP contribution is 2.19. The Morgan fingerprint density at radius 1 is 1.42 bits per heavy atom. The summed E-state index contributed by atoms with van der Waals surface area (Å²) in [6.45, 7) is 1.72. The van der Waals surface area contributed by atoms with Gasteiger partial charge in [0, 0.05) is 11.8 Å². The molecule has 0 aromatic heterocycles. The van der Waals surface area contributed by atoms with Gasteiger partial charge in [0.2, 0.25) is 0 Å². The van der Waals surface area contributed by atoms with Crippen molar-refractivity contribution in [1.29, 1.82) is 0 Å². The number of nitrogens with two attached hydrogens (primary N) is 1. The maximum atomic E-state index is 13.1. The van der Waals surface area contributed by atoms with Gasteiger partial charge in [-0.2, -0.15) is 0 Å². The Bertz CT molecular complexity index is 588. The van der Waals surface area contributed by atoms with Crippen LogP contribution in [-0.2, 0) is 9.84 Å². The molecule has 0 fully saturated rings. The number of hydrogen-bond acceptors (Lipinski definition) is 4. The molecule has 0 radical (unpaired) electrons. The molecular weight excluding hydrogens is 269 g/mol. The van der Waals surface area contributed by atoms with Crippen molar-refractivity contribution in [1.82, 2.24) is 0 Å². The number of halogens is 1. The lowest BCUT2D eigenvalue weighted by atomic mass is 10.2. The summed E-state index contributed by atoms with van der Waals surface area (Å²) in [6, 6.07) is 3.91. The van der Waals surface area contributed by atoms with Gasteiger partial charge in [0.05, 0.1) is 17.9 Å². The largest absolute Gasteiger partial charge is 0.491 e. The molecule has 1 rings (SSSR count). The Hall–Kier alpha value is -1.58. The molecule has 6 heteroatoms. The smallest absolute Gasteiger partial charge is 0.153 e. The van der Waals surface area contributed by atoms with E-state index >= 15 is 0 Å². The Labute approximate surface area is 112 Å². The zero-order valence-electron chi connectivity index (χ0n) is 10.6. The summed E-state index contributed by atoms with van der Waals surface area (Å²) in [7, 11) is -3.10. The van der Waals surface area contributed by atoms with Crippen LogP contribution in [0.3, 0.4) is 0 Å². The summed E-state index contributed by atoms with van der Waals surface area (Å²) in [4.78, 5) is 0. The molecule has 0 aliphatic heterocycles. The molecule has 19 heavy (non-hydrogen) atoms. The Morgan fingerprint density at radius 3 is 2.79 bits per heavy atom. The van der Waals surface area contributed by atoms with Gasteiger partial charge in [-0.3, -0.25) is 0 Å². The summed E-state index contributed by atoms with van der Waals surface area (Å²) in [5.74, 6) is 5.10. The maximum absolute atomic E-state index is 13.1. The summed E-state index contributed by atoms with van der Waals surface area (Å²) in [5, 5.41) is 0. The lowest BCUT2D eigenvalue weighted by Gasteiger charge is -2.08. The van der Waals surface area contributed by atoms with Crippen molar-refractivity contribution in [3.8, 4) is 17.6 Å². The van der Waals surface area contributed by atoms with Crippen molar-refractivity contribution in [2.24, 2.45) is 5.73 Å². The number of sulfone groups is 1. The molecule has 0 saturated carbocycles. The van der Waals surface area contributed by atoms with Crippen LogP contribution < -0.4 is 10.5 Å². The van der Waals surface area contributed by atoms with Crippen LogP contribution in [0.25, 0.3) is 0 Å². The predicted molar refractivity (Wildman–Crippen MR) is 72.2 cm³/mol. The van der Waals surface area contributed by atoms with Gasteiger partial charge in [-0.05, 0) is 12.1 Å². The second-order valence-corrected chi connectivity index (χ2v) is 6.20. The lowest BCUT2D eigenvalue weighted by Crippen LogP contribution is -2.16. The highest BCUT2D eigenvalue weighted by Gasteiger charge is 2.09. The fourth-order valence-electron chi connectivity index (χ4n) is 1.29. The van der Waals surface area contributed by atoms with E-state index in [-0.39, 0.29) is 30.4 Å². The molecule has 1 aromatic carbocycles. The molecule has 0 saturated heterocycles. The van der Waals surface area contributed by atoms with E-state index in [0.717, 1.165) is 0 Å². The van der Waals surface area contributed by atoms with Crippen LogP contribution in [0.2, 0.25) is 0 Å². The molecule has 0 spiro atoms. The fraction of sp³-hybridized carbons (Fsp3) is 0.385. The van der Waals surface area contributed by atoms with Gasteiger partial charge in [0.1, 0.15) is 18.2 Å². The van der Waals surface area contributed by atoms with E-state index in [1.807, 2.05) is 0 Å². The van der Waals surface area contributed by atoms with E-state index < -0.39 is 15.7 Å². The van der Waals surface area contributed by atoms with E-state index in [0.29, 0.717) is 5.56 Å². The first-order chi connectivity index (χ1) is 8.98. The van der Waals surface area contributed by atoms with Crippen LogP contribution in [0, 0.1) is 17.7 Å². The second kappa shape index (κ2) is 7.12. The zero-order valence-corrected chi connectivity index (χ0v) is 11.5. The van der Waals surface area contributed by atoms with Gasteiger partial charge in [-0.25, -0.2) is 12.8 Å². The lowest BCUT2D eigenvalue weighted by molar-refractivity contribution is 0.338. The van der Waals surface area contributed by atoms with E-state index in [9.17, 15) is 12.8 Å². The summed E-state index contributed by atoms with van der Waals surface area (Å²) >= 11 is 0. The molecule has 0 atom stereocenters. The van der Waals surface area contributed by atoms with Gasteiger partial charge in [-0.15, -0.1) is 0 Å². The third-order valence-corrected chi connectivity index (χ3v) is 4.03. The Kier molecular flexibility index (Phi) is 5.80. The fourth-order valence-corrected chi connectivity index (χ4v) is 1.91. The van der Waals surface area contributed by atoms with E-state index in [1.54, 1.807) is 6.92 Å². The minimum absolute atomic E-state index is 0.0308. The quantitative estimate of drug-likeness (QED) is 0.818. The molecule has 2 N–H and O–H groups in total. The molecular formula is C13H16FNO3S. The average Bonchev–Trinajstić information content (AvgIpc) is 2.38. The number of benzene rings is 1. The van der Waals surface area contributed by atoms with Crippen molar-refractivity contribution in [2.45, 2.75) is 6.92 Å². The van der Waals surface area contributed by atoms with Crippen LogP contribution in [0.15, 0.2) is 18.2 Å². The minimum atomic E-state index is -3.10. The first-order valence-corrected chi connectivity index (χ1v) is 7.62. The highest BCUT2D eigenvalue weighted by atomic mass is 32.2. The van der Waals surface area contributed by atoms with E-state index in [2.05, 4.69) is 11.8 Å². The van der Waals surface area contributed by atoms with Crippen molar-refractivity contribution >= 4 is 9.84 Å². The van der Waals surface area contributed by atoms with Crippen LogP contribution in [-0.4, -0.2) is 33.1 Å². The Morgan fingerprint density at radius 2 is 2.16 bits per heavy atom. The molecule has 0 aliphatic carbocycles. The first-order valence-electron chi connectivity index (χ1n) is 5.80. The molecule has 4 nitrogen and oxygen atoms in total. The van der Waals surface area contributed by atoms with E-state index in [4.69, 9.17) is 10.5 Å². The topological polar surface area (TPSA) is 69.4 Å². The predicted octanol–water partition coefficient (Wildman–Crippen LogP) is 0.949. The van der Waals surface area contributed by atoms with Crippen LogP contribution in [0.4, 0.5) is 4.39 Å². The van der Waals surface area contributed by atoms with Crippen molar-refractivity contribution < 1.29 is 17.5 Å². The summed E-state index contributed by atoms with van der Waals surface area (Å²) < 4.78 is 41.0. The monoisotopic (exact) mass is 285 g/mol. The molecule has 0 unspecified atom stereocenters. The van der Waals surface area contributed by atoms with Gasteiger partial charge in [0.15, 0.2) is 9.84 Å². The molecule has 0 heterocycles. The number of hydrogen-bond donors (Lipinski definition) is 1. The highest BCUT2D eigenvalue weighted by molar-refractivity contribution is 7.91. The summed E-state index contributed by atoms with van der Waals surface area (Å²) in [6.07, 6.45) is 0. The van der Waals surface area contributed by atoms with Gasteiger partial charge in [0.25, 0.3) is 0 Å². The van der Waals surface area contributed by atoms with Gasteiger partial charge < -0.3 is 10.5 Å². The van der Waals surface area contributed by atoms with Crippen molar-refractivity contribution in [2.75, 3.05) is 24.7 Å². The molecule has 0 amide bonds. The van der Waals surface area contributed by atoms with Crippen molar-refractivity contribution in [3.05, 3.63) is 29.6 Å². The molecule has 0 bridgehead atoms. The molecule has 104 valence electrons. The van der Waals surface area contributed by atoms with Crippen molar-refractivity contribution in [3.63, 3.8) is 0 Å².